The molecule has 0 fully saturated rings. The predicted octanol–water partition coefficient (Wildman–Crippen LogP) is 5.11. The Kier molecular flexibility index (Phi) is 6.03. The van der Waals surface area contributed by atoms with Gasteiger partial charge >= 0.3 is 11.9 Å². The molecule has 4 rings (SSSR count). The van der Waals surface area contributed by atoms with E-state index in [1.54, 1.807) is 18.2 Å². The van der Waals surface area contributed by atoms with Gasteiger partial charge in [0.05, 0.1) is 10.2 Å². The number of benzene rings is 3. The third-order valence-electron chi connectivity index (χ3n) is 4.50. The largest absolute Gasteiger partial charge is 0.490 e. The molecule has 1 heterocycles. The Morgan fingerprint density at radius 3 is 2.65 bits per heavy atom. The molecule has 0 amide bonds. The molecule has 1 aliphatic heterocycles. The van der Waals surface area contributed by atoms with E-state index >= 15 is 0 Å². The Labute approximate surface area is 192 Å². The molecule has 0 N–H and O–H groups in total. The summed E-state index contributed by atoms with van der Waals surface area (Å²) in [6.45, 7) is 3.57. The van der Waals surface area contributed by atoms with Gasteiger partial charge in [-0.25, -0.2) is 9.79 Å². The molecular formula is C24H18INO5. The summed E-state index contributed by atoms with van der Waals surface area (Å²) in [4.78, 5) is 28.2. The number of ether oxygens (including phenoxy) is 3. The fraction of sp³-hybridized carbons (Fsp3) is 0.125. The second-order valence-corrected chi connectivity index (χ2v) is 7.92. The van der Waals surface area contributed by atoms with Crippen LogP contribution in [0.3, 0.4) is 0 Å². The molecule has 0 radical (unpaired) electrons. The standard InChI is InChI=1S/C24H18INO5/c1-3-29-21-12-15(10-19(25)22(21)30-14(2)27)11-20-24(28)31-23(26-20)18-9-8-16-6-4-5-7-17(16)13-18/h4-13H,3H2,1-2H3/b20-11-. The highest BCUT2D eigenvalue weighted by Gasteiger charge is 2.25. The number of nitrogens with zero attached hydrogens (tertiary/aromatic N) is 1. The van der Waals surface area contributed by atoms with Crippen LogP contribution in [0.1, 0.15) is 25.0 Å². The van der Waals surface area contributed by atoms with E-state index in [1.165, 1.54) is 6.92 Å². The number of carbonyl (C=O) groups is 2. The van der Waals surface area contributed by atoms with E-state index in [0.717, 1.165) is 16.3 Å². The van der Waals surface area contributed by atoms with Crippen LogP contribution < -0.4 is 9.47 Å². The van der Waals surface area contributed by atoms with E-state index in [1.807, 2.05) is 49.4 Å². The van der Waals surface area contributed by atoms with Gasteiger partial charge in [-0.2, -0.15) is 0 Å². The van der Waals surface area contributed by atoms with Crippen molar-refractivity contribution in [1.29, 1.82) is 0 Å². The minimum absolute atomic E-state index is 0.182. The van der Waals surface area contributed by atoms with Gasteiger partial charge in [-0.1, -0.05) is 30.3 Å². The molecule has 0 unspecified atom stereocenters. The lowest BCUT2D eigenvalue weighted by molar-refractivity contribution is -0.132. The second-order valence-electron chi connectivity index (χ2n) is 6.75. The van der Waals surface area contributed by atoms with Crippen molar-refractivity contribution in [3.8, 4) is 11.5 Å². The highest BCUT2D eigenvalue weighted by Crippen LogP contribution is 2.35. The molecule has 0 spiro atoms. The quantitative estimate of drug-likeness (QED) is 0.200. The van der Waals surface area contributed by atoms with Crippen molar-refractivity contribution < 1.29 is 23.8 Å². The summed E-state index contributed by atoms with van der Waals surface area (Å²) in [7, 11) is 0. The number of carbonyl (C=O) groups excluding carboxylic acids is 2. The molecule has 0 saturated heterocycles. The topological polar surface area (TPSA) is 74.2 Å². The molecule has 3 aromatic rings. The number of esters is 2. The highest BCUT2D eigenvalue weighted by molar-refractivity contribution is 14.1. The molecule has 31 heavy (non-hydrogen) atoms. The SMILES string of the molecule is CCOc1cc(/C=C2\N=C(c3ccc4ccccc4c3)OC2=O)cc(I)c1OC(C)=O. The zero-order chi connectivity index (χ0) is 22.0. The van der Waals surface area contributed by atoms with Gasteiger partial charge in [-0.3, -0.25) is 4.79 Å². The second kappa shape index (κ2) is 8.89. The van der Waals surface area contributed by atoms with Crippen molar-refractivity contribution >= 4 is 57.3 Å². The Morgan fingerprint density at radius 1 is 1.13 bits per heavy atom. The van der Waals surface area contributed by atoms with Crippen LogP contribution in [-0.2, 0) is 14.3 Å². The lowest BCUT2D eigenvalue weighted by Gasteiger charge is -2.12. The molecule has 6 nitrogen and oxygen atoms in total. The molecule has 3 aromatic carbocycles. The van der Waals surface area contributed by atoms with Crippen molar-refractivity contribution in [3.63, 3.8) is 0 Å². The first-order valence-corrected chi connectivity index (χ1v) is 10.7. The fourth-order valence-corrected chi connectivity index (χ4v) is 3.93. The number of fused-ring (bicyclic) bond motifs is 1. The summed E-state index contributed by atoms with van der Waals surface area (Å²) in [6.07, 6.45) is 1.62. The van der Waals surface area contributed by atoms with Crippen LogP contribution in [0, 0.1) is 3.57 Å². The molecule has 156 valence electrons. The predicted molar refractivity (Wildman–Crippen MR) is 126 cm³/mol. The average molecular weight is 527 g/mol. The summed E-state index contributed by atoms with van der Waals surface area (Å²) in [5.41, 5.74) is 1.59. The number of aliphatic imine (C=N–C) groups is 1. The van der Waals surface area contributed by atoms with Gasteiger partial charge in [-0.15, -0.1) is 0 Å². The van der Waals surface area contributed by atoms with E-state index in [4.69, 9.17) is 14.2 Å². The fourth-order valence-electron chi connectivity index (χ4n) is 3.19. The van der Waals surface area contributed by atoms with Gasteiger partial charge in [0.15, 0.2) is 17.2 Å². The van der Waals surface area contributed by atoms with E-state index in [0.29, 0.717) is 27.2 Å². The van der Waals surface area contributed by atoms with Crippen LogP contribution in [0.4, 0.5) is 0 Å². The highest BCUT2D eigenvalue weighted by atomic mass is 127. The van der Waals surface area contributed by atoms with Crippen LogP contribution in [0.15, 0.2) is 65.3 Å². The van der Waals surface area contributed by atoms with Gasteiger partial charge in [0, 0.05) is 12.5 Å². The smallest absolute Gasteiger partial charge is 0.363 e. The zero-order valence-corrected chi connectivity index (χ0v) is 19.0. The normalized spacial score (nSPS) is 14.5. The lowest BCUT2D eigenvalue weighted by atomic mass is 10.1. The first-order chi connectivity index (χ1) is 14.9. The minimum atomic E-state index is -0.528. The summed E-state index contributed by atoms with van der Waals surface area (Å²) >= 11 is 2.06. The maximum Gasteiger partial charge on any atom is 0.363 e. The molecule has 7 heteroatoms. The molecular weight excluding hydrogens is 509 g/mol. The van der Waals surface area contributed by atoms with Crippen LogP contribution in [-0.4, -0.2) is 24.4 Å². The van der Waals surface area contributed by atoms with Gasteiger partial charge in [-0.05, 0) is 76.2 Å². The third-order valence-corrected chi connectivity index (χ3v) is 5.30. The molecule has 0 aliphatic carbocycles. The van der Waals surface area contributed by atoms with Crippen molar-refractivity contribution in [2.24, 2.45) is 4.99 Å². The van der Waals surface area contributed by atoms with Gasteiger partial charge < -0.3 is 14.2 Å². The summed E-state index contributed by atoms with van der Waals surface area (Å²) < 4.78 is 17.0. The summed E-state index contributed by atoms with van der Waals surface area (Å²) in [6, 6.07) is 17.2. The first kappa shape index (κ1) is 21.0. The molecule has 1 aliphatic rings. The van der Waals surface area contributed by atoms with Crippen LogP contribution in [0.25, 0.3) is 16.8 Å². The average Bonchev–Trinajstić information content (AvgIpc) is 3.10. The lowest BCUT2D eigenvalue weighted by Crippen LogP contribution is -2.06. The van der Waals surface area contributed by atoms with Gasteiger partial charge in [0.25, 0.3) is 0 Å². The molecule has 0 bridgehead atoms. The number of rotatable bonds is 5. The van der Waals surface area contributed by atoms with E-state index in [2.05, 4.69) is 27.6 Å². The van der Waals surface area contributed by atoms with E-state index in [9.17, 15) is 9.59 Å². The number of cyclic esters (lactones) is 1. The number of hydrogen-bond donors (Lipinski definition) is 0. The number of halogens is 1. The summed E-state index contributed by atoms with van der Waals surface area (Å²) in [5, 5.41) is 2.13. The van der Waals surface area contributed by atoms with Crippen molar-refractivity contribution in [3.05, 3.63) is 75.0 Å². The summed E-state index contributed by atoms with van der Waals surface area (Å²) in [5.74, 6) is 0.0698. The van der Waals surface area contributed by atoms with Crippen molar-refractivity contribution in [2.45, 2.75) is 13.8 Å². The van der Waals surface area contributed by atoms with E-state index < -0.39 is 11.9 Å². The zero-order valence-electron chi connectivity index (χ0n) is 16.8. The number of hydrogen-bond acceptors (Lipinski definition) is 6. The van der Waals surface area contributed by atoms with Crippen LogP contribution in [0.2, 0.25) is 0 Å². The van der Waals surface area contributed by atoms with Crippen LogP contribution in [0.5, 0.6) is 11.5 Å². The maximum atomic E-state index is 12.4. The Morgan fingerprint density at radius 2 is 1.90 bits per heavy atom. The Bertz CT molecular complexity index is 1260. The minimum Gasteiger partial charge on any atom is -0.490 e. The molecule has 0 aromatic heterocycles. The van der Waals surface area contributed by atoms with Crippen molar-refractivity contribution in [2.75, 3.05) is 6.61 Å². The van der Waals surface area contributed by atoms with Crippen LogP contribution >= 0.6 is 22.6 Å². The Hall–Kier alpha value is -3.20. The van der Waals surface area contributed by atoms with Crippen molar-refractivity contribution in [1.82, 2.24) is 0 Å². The Balaban J connectivity index is 1.69. The maximum absolute atomic E-state index is 12.4. The van der Waals surface area contributed by atoms with Gasteiger partial charge in [0.2, 0.25) is 5.90 Å². The van der Waals surface area contributed by atoms with E-state index in [-0.39, 0.29) is 11.6 Å². The van der Waals surface area contributed by atoms with Gasteiger partial charge in [0.1, 0.15) is 0 Å². The molecule has 0 saturated carbocycles. The monoisotopic (exact) mass is 527 g/mol. The molecule has 0 atom stereocenters. The first-order valence-electron chi connectivity index (χ1n) is 9.61. The third kappa shape index (κ3) is 4.61.